The molecule has 0 radical (unpaired) electrons. The van der Waals surface area contributed by atoms with Gasteiger partial charge in [0.25, 0.3) is 0 Å². The predicted octanol–water partition coefficient (Wildman–Crippen LogP) is 4.50. The first-order valence-electron chi connectivity index (χ1n) is 7.37. The van der Waals surface area contributed by atoms with E-state index >= 15 is 0 Å². The van der Waals surface area contributed by atoms with Crippen LogP contribution in [0.25, 0.3) is 0 Å². The maximum Gasteiger partial charge on any atom is 0.416 e. The summed E-state index contributed by atoms with van der Waals surface area (Å²) in [7, 11) is 0. The number of hydrogen-bond donors (Lipinski definition) is 1. The van der Waals surface area contributed by atoms with Gasteiger partial charge in [0.05, 0.1) is 5.56 Å². The van der Waals surface area contributed by atoms with Crippen LogP contribution in [0.1, 0.15) is 39.2 Å². The van der Waals surface area contributed by atoms with Crippen molar-refractivity contribution in [2.45, 2.75) is 45.9 Å². The lowest BCUT2D eigenvalue weighted by molar-refractivity contribution is -0.137. The Kier molecular flexibility index (Phi) is 7.02. The Morgan fingerprint density at radius 1 is 1.19 bits per heavy atom. The minimum atomic E-state index is -4.34. The van der Waals surface area contributed by atoms with E-state index in [2.05, 4.69) is 19.2 Å². The van der Waals surface area contributed by atoms with Gasteiger partial charge in [-0.1, -0.05) is 33.3 Å². The Bertz CT molecular complexity index is 418. The van der Waals surface area contributed by atoms with Gasteiger partial charge < -0.3 is 10.1 Å². The number of ether oxygens (including phenoxy) is 1. The fourth-order valence-corrected chi connectivity index (χ4v) is 2.00. The van der Waals surface area contributed by atoms with Crippen LogP contribution < -0.4 is 10.1 Å². The van der Waals surface area contributed by atoms with Crippen molar-refractivity contribution in [3.8, 4) is 5.75 Å². The van der Waals surface area contributed by atoms with Crippen LogP contribution in [-0.2, 0) is 6.18 Å². The van der Waals surface area contributed by atoms with Crippen molar-refractivity contribution < 1.29 is 17.9 Å². The fourth-order valence-electron chi connectivity index (χ4n) is 2.00. The molecule has 120 valence electrons. The molecule has 0 aromatic heterocycles. The lowest BCUT2D eigenvalue weighted by atomic mass is 10.1. The topological polar surface area (TPSA) is 21.3 Å². The van der Waals surface area contributed by atoms with Gasteiger partial charge in [0, 0.05) is 6.54 Å². The van der Waals surface area contributed by atoms with Crippen molar-refractivity contribution in [3.63, 3.8) is 0 Å². The van der Waals surface area contributed by atoms with Crippen LogP contribution in [0, 0.1) is 5.92 Å². The molecule has 0 bridgehead atoms. The lowest BCUT2D eigenvalue weighted by Gasteiger charge is -2.20. The van der Waals surface area contributed by atoms with Crippen molar-refractivity contribution in [2.24, 2.45) is 5.92 Å². The van der Waals surface area contributed by atoms with Gasteiger partial charge in [0.2, 0.25) is 0 Å². The quantitative estimate of drug-likeness (QED) is 0.763. The average Bonchev–Trinajstić information content (AvgIpc) is 2.38. The molecule has 1 rings (SSSR count). The summed E-state index contributed by atoms with van der Waals surface area (Å²) in [5.41, 5.74) is -0.676. The molecule has 0 aliphatic heterocycles. The van der Waals surface area contributed by atoms with Gasteiger partial charge in [-0.3, -0.25) is 0 Å². The maximum atomic E-state index is 12.7. The van der Waals surface area contributed by atoms with E-state index in [4.69, 9.17) is 4.74 Å². The molecule has 0 saturated heterocycles. The van der Waals surface area contributed by atoms with Crippen LogP contribution in [0.4, 0.5) is 13.2 Å². The number of hydrogen-bond acceptors (Lipinski definition) is 2. The Labute approximate surface area is 124 Å². The van der Waals surface area contributed by atoms with Crippen LogP contribution >= 0.6 is 0 Å². The highest BCUT2D eigenvalue weighted by atomic mass is 19.4. The summed E-state index contributed by atoms with van der Waals surface area (Å²) in [5, 5.41) is 3.29. The highest BCUT2D eigenvalue weighted by Crippen LogP contribution is 2.31. The zero-order valence-corrected chi connectivity index (χ0v) is 12.8. The zero-order valence-electron chi connectivity index (χ0n) is 12.8. The molecule has 0 aliphatic rings. The normalized spacial score (nSPS) is 13.5. The molecule has 5 heteroatoms. The van der Waals surface area contributed by atoms with Crippen molar-refractivity contribution in [3.05, 3.63) is 29.8 Å². The van der Waals surface area contributed by atoms with E-state index in [1.165, 1.54) is 6.07 Å². The van der Waals surface area contributed by atoms with Crippen LogP contribution in [0.15, 0.2) is 24.3 Å². The molecule has 0 amide bonds. The van der Waals surface area contributed by atoms with Crippen molar-refractivity contribution >= 4 is 0 Å². The van der Waals surface area contributed by atoms with Gasteiger partial charge in [-0.2, -0.15) is 13.2 Å². The highest BCUT2D eigenvalue weighted by Gasteiger charge is 2.30. The van der Waals surface area contributed by atoms with Crippen molar-refractivity contribution in [1.82, 2.24) is 5.32 Å². The Morgan fingerprint density at radius 2 is 1.90 bits per heavy atom. The molecule has 0 aliphatic carbocycles. The number of nitrogens with one attached hydrogen (secondary N) is 1. The van der Waals surface area contributed by atoms with Gasteiger partial charge in [0.1, 0.15) is 11.9 Å². The van der Waals surface area contributed by atoms with Crippen LogP contribution in [0.5, 0.6) is 5.75 Å². The van der Waals surface area contributed by atoms with E-state index in [9.17, 15) is 13.2 Å². The average molecular weight is 303 g/mol. The first-order chi connectivity index (χ1) is 9.82. The standard InChI is InChI=1S/C16H24F3NO/c1-4-6-15(11-20-10-12(2)3)21-14-8-5-7-13(9-14)16(17,18)19/h5,7-9,12,15,20H,4,6,10-11H2,1-3H3. The summed E-state index contributed by atoms with van der Waals surface area (Å²) in [6, 6.07) is 5.06. The second-order valence-electron chi connectivity index (χ2n) is 5.61. The van der Waals surface area contributed by atoms with Gasteiger partial charge in [0.15, 0.2) is 0 Å². The highest BCUT2D eigenvalue weighted by molar-refractivity contribution is 5.30. The molecule has 1 unspecified atom stereocenters. The van der Waals surface area contributed by atoms with E-state index in [0.29, 0.717) is 12.5 Å². The smallest absolute Gasteiger partial charge is 0.416 e. The SMILES string of the molecule is CCCC(CNCC(C)C)Oc1cccc(C(F)(F)F)c1. The number of alkyl halides is 3. The van der Waals surface area contributed by atoms with E-state index in [1.807, 2.05) is 6.92 Å². The molecule has 2 nitrogen and oxygen atoms in total. The van der Waals surface area contributed by atoms with Crippen LogP contribution in [0.2, 0.25) is 0 Å². The molecular weight excluding hydrogens is 279 g/mol. The number of benzene rings is 1. The van der Waals surface area contributed by atoms with E-state index in [-0.39, 0.29) is 11.9 Å². The molecule has 0 spiro atoms. The van der Waals surface area contributed by atoms with E-state index in [0.717, 1.165) is 31.5 Å². The van der Waals surface area contributed by atoms with Gasteiger partial charge in [-0.15, -0.1) is 0 Å². The van der Waals surface area contributed by atoms with Gasteiger partial charge in [-0.25, -0.2) is 0 Å². The molecule has 0 saturated carbocycles. The largest absolute Gasteiger partial charge is 0.489 e. The third-order valence-corrected chi connectivity index (χ3v) is 3.00. The molecule has 1 N–H and O–H groups in total. The summed E-state index contributed by atoms with van der Waals surface area (Å²) in [6.07, 6.45) is -2.72. The maximum absolute atomic E-state index is 12.7. The zero-order chi connectivity index (χ0) is 15.9. The monoisotopic (exact) mass is 303 g/mol. The van der Waals surface area contributed by atoms with E-state index < -0.39 is 11.7 Å². The first kappa shape index (κ1) is 17.8. The molecule has 1 aromatic rings. The Balaban J connectivity index is 2.65. The molecule has 0 fully saturated rings. The summed E-state index contributed by atoms with van der Waals surface area (Å²) in [6.45, 7) is 7.75. The third-order valence-electron chi connectivity index (χ3n) is 3.00. The van der Waals surface area contributed by atoms with Gasteiger partial charge >= 0.3 is 6.18 Å². The molecule has 1 aromatic carbocycles. The third kappa shape index (κ3) is 6.85. The minimum Gasteiger partial charge on any atom is -0.489 e. The molecule has 0 heterocycles. The Morgan fingerprint density at radius 3 is 2.48 bits per heavy atom. The summed E-state index contributed by atoms with van der Waals surface area (Å²) in [5.74, 6) is 0.801. The van der Waals surface area contributed by atoms with Crippen molar-refractivity contribution in [2.75, 3.05) is 13.1 Å². The lowest BCUT2D eigenvalue weighted by Crippen LogP contribution is -2.33. The second-order valence-corrected chi connectivity index (χ2v) is 5.61. The Hall–Kier alpha value is -1.23. The first-order valence-corrected chi connectivity index (χ1v) is 7.37. The fraction of sp³-hybridized carbons (Fsp3) is 0.625. The predicted molar refractivity (Wildman–Crippen MR) is 78.5 cm³/mol. The molecular formula is C16H24F3NO. The van der Waals surface area contributed by atoms with Crippen LogP contribution in [0.3, 0.4) is 0 Å². The summed E-state index contributed by atoms with van der Waals surface area (Å²) < 4.78 is 43.7. The number of halogens is 3. The summed E-state index contributed by atoms with van der Waals surface area (Å²) >= 11 is 0. The molecule has 1 atom stereocenters. The van der Waals surface area contributed by atoms with Crippen molar-refractivity contribution in [1.29, 1.82) is 0 Å². The van der Waals surface area contributed by atoms with Gasteiger partial charge in [-0.05, 0) is 37.1 Å². The second kappa shape index (κ2) is 8.27. The van der Waals surface area contributed by atoms with E-state index in [1.54, 1.807) is 6.07 Å². The number of rotatable bonds is 8. The molecule has 21 heavy (non-hydrogen) atoms. The van der Waals surface area contributed by atoms with Crippen LogP contribution in [-0.4, -0.2) is 19.2 Å². The minimum absolute atomic E-state index is 0.114. The summed E-state index contributed by atoms with van der Waals surface area (Å²) in [4.78, 5) is 0.